The van der Waals surface area contributed by atoms with Crippen LogP contribution in [-0.4, -0.2) is 33.5 Å². The van der Waals surface area contributed by atoms with Crippen molar-refractivity contribution in [3.63, 3.8) is 0 Å². The first-order valence-electron chi connectivity index (χ1n) is 7.04. The molecule has 1 aromatic heterocycles. The van der Waals surface area contributed by atoms with Crippen molar-refractivity contribution in [3.05, 3.63) is 29.8 Å². The molecule has 1 unspecified atom stereocenters. The fourth-order valence-corrected chi connectivity index (χ4v) is 2.38. The molecule has 0 radical (unpaired) electrons. The molecular weight excluding hydrogens is 259 g/mol. The maximum absolute atomic E-state index is 13.0. The van der Waals surface area contributed by atoms with Crippen LogP contribution >= 0.6 is 0 Å². The first-order valence-corrected chi connectivity index (χ1v) is 7.04. The van der Waals surface area contributed by atoms with E-state index in [9.17, 15) is 9.18 Å². The minimum Gasteiger partial charge on any atom is -0.481 e. The molecule has 1 aromatic rings. The summed E-state index contributed by atoms with van der Waals surface area (Å²) in [5.74, 6) is -1.12. The van der Waals surface area contributed by atoms with Crippen LogP contribution in [0.5, 0.6) is 0 Å². The molecule has 0 aliphatic carbocycles. The van der Waals surface area contributed by atoms with Crippen LogP contribution in [0.2, 0.25) is 0 Å². The molecule has 0 amide bonds. The summed E-state index contributed by atoms with van der Waals surface area (Å²) >= 11 is 0. The lowest BCUT2D eigenvalue weighted by molar-refractivity contribution is -0.137. The molecule has 0 spiro atoms. The number of halogens is 1. The van der Waals surface area contributed by atoms with E-state index in [-0.39, 0.29) is 24.3 Å². The number of carboxylic acids is 1. The van der Waals surface area contributed by atoms with Crippen LogP contribution in [-0.2, 0) is 4.79 Å². The summed E-state index contributed by atoms with van der Waals surface area (Å²) in [5, 5.41) is 8.74. The van der Waals surface area contributed by atoms with E-state index in [0.29, 0.717) is 13.0 Å². The van der Waals surface area contributed by atoms with Gasteiger partial charge < -0.3 is 5.11 Å². The van der Waals surface area contributed by atoms with Gasteiger partial charge >= 0.3 is 5.97 Å². The monoisotopic (exact) mass is 282 g/mol. The van der Waals surface area contributed by atoms with Crippen molar-refractivity contribution in [1.82, 2.24) is 9.88 Å². The summed E-state index contributed by atoms with van der Waals surface area (Å²) < 4.78 is 13.0. The Kier molecular flexibility index (Phi) is 6.58. The fraction of sp³-hybridized carbons (Fsp3) is 0.600. The molecule has 1 heterocycles. The van der Waals surface area contributed by atoms with E-state index in [1.165, 1.54) is 12.3 Å². The second-order valence-corrected chi connectivity index (χ2v) is 5.15. The lowest BCUT2D eigenvalue weighted by Crippen LogP contribution is -2.36. The molecular formula is C15H23FN2O2. The molecule has 0 fully saturated rings. The van der Waals surface area contributed by atoms with Crippen LogP contribution in [0.4, 0.5) is 4.39 Å². The zero-order valence-corrected chi connectivity index (χ0v) is 12.3. The van der Waals surface area contributed by atoms with Gasteiger partial charge in [-0.1, -0.05) is 6.92 Å². The van der Waals surface area contributed by atoms with Crippen molar-refractivity contribution in [2.75, 3.05) is 6.54 Å². The Hall–Kier alpha value is -1.49. The van der Waals surface area contributed by atoms with Crippen molar-refractivity contribution in [1.29, 1.82) is 0 Å². The molecule has 0 saturated heterocycles. The number of nitrogens with zero attached hydrogens (tertiary/aromatic N) is 2. The van der Waals surface area contributed by atoms with E-state index < -0.39 is 5.97 Å². The molecule has 112 valence electrons. The van der Waals surface area contributed by atoms with Gasteiger partial charge in [-0.3, -0.25) is 14.7 Å². The molecule has 1 atom stereocenters. The first-order chi connectivity index (χ1) is 9.45. The molecule has 4 nitrogen and oxygen atoms in total. The van der Waals surface area contributed by atoms with Gasteiger partial charge in [-0.15, -0.1) is 0 Å². The molecule has 0 aliphatic rings. The van der Waals surface area contributed by atoms with Crippen LogP contribution in [0.15, 0.2) is 18.3 Å². The minimum atomic E-state index is -0.776. The van der Waals surface area contributed by atoms with Crippen molar-refractivity contribution in [2.24, 2.45) is 0 Å². The predicted molar refractivity (Wildman–Crippen MR) is 75.9 cm³/mol. The number of rotatable bonds is 8. The second-order valence-electron chi connectivity index (χ2n) is 5.15. The number of carbonyl (C=O) groups is 1. The van der Waals surface area contributed by atoms with Gasteiger partial charge in [0.25, 0.3) is 0 Å². The molecule has 0 aliphatic heterocycles. The summed E-state index contributed by atoms with van der Waals surface area (Å²) in [6.07, 6.45) is 2.85. The van der Waals surface area contributed by atoms with Crippen LogP contribution in [0, 0.1) is 5.82 Å². The Morgan fingerprint density at radius 1 is 1.45 bits per heavy atom. The van der Waals surface area contributed by atoms with Crippen molar-refractivity contribution < 1.29 is 14.3 Å². The Morgan fingerprint density at radius 3 is 2.60 bits per heavy atom. The number of pyridine rings is 1. The second kappa shape index (κ2) is 7.94. The van der Waals surface area contributed by atoms with Crippen LogP contribution in [0.3, 0.4) is 0 Å². The van der Waals surface area contributed by atoms with Gasteiger partial charge in [0.2, 0.25) is 0 Å². The Bertz CT molecular complexity index is 420. The Morgan fingerprint density at radius 2 is 2.15 bits per heavy atom. The SMILES string of the molecule is CCC(c1ccc(F)cn1)N(CCCC(=O)O)C(C)C. The smallest absolute Gasteiger partial charge is 0.303 e. The Balaban J connectivity index is 2.80. The largest absolute Gasteiger partial charge is 0.481 e. The highest BCUT2D eigenvalue weighted by molar-refractivity contribution is 5.66. The summed E-state index contributed by atoms with van der Waals surface area (Å²) in [6, 6.07) is 3.49. The van der Waals surface area contributed by atoms with Crippen LogP contribution in [0.1, 0.15) is 51.8 Å². The zero-order valence-electron chi connectivity index (χ0n) is 12.3. The molecule has 0 saturated carbocycles. The summed E-state index contributed by atoms with van der Waals surface area (Å²) in [6.45, 7) is 6.91. The number of aromatic nitrogens is 1. The Labute approximate surface area is 119 Å². The molecule has 20 heavy (non-hydrogen) atoms. The van der Waals surface area contributed by atoms with Gasteiger partial charge in [0.05, 0.1) is 17.9 Å². The third-order valence-electron chi connectivity index (χ3n) is 3.35. The van der Waals surface area contributed by atoms with Gasteiger partial charge in [0.15, 0.2) is 0 Å². The summed E-state index contributed by atoms with van der Waals surface area (Å²) in [5.41, 5.74) is 0.831. The maximum atomic E-state index is 13.0. The topological polar surface area (TPSA) is 53.4 Å². The van der Waals surface area contributed by atoms with Crippen LogP contribution < -0.4 is 0 Å². The number of carboxylic acid groups (broad SMARTS) is 1. The number of aliphatic carboxylic acids is 1. The van der Waals surface area contributed by atoms with E-state index in [4.69, 9.17) is 5.11 Å². The van der Waals surface area contributed by atoms with Gasteiger partial charge in [0, 0.05) is 12.5 Å². The van der Waals surface area contributed by atoms with E-state index in [2.05, 4.69) is 30.7 Å². The lowest BCUT2D eigenvalue weighted by atomic mass is 10.1. The van der Waals surface area contributed by atoms with E-state index in [1.807, 2.05) is 0 Å². The van der Waals surface area contributed by atoms with Gasteiger partial charge in [0.1, 0.15) is 5.82 Å². The van der Waals surface area contributed by atoms with Crippen LogP contribution in [0.25, 0.3) is 0 Å². The average molecular weight is 282 g/mol. The third kappa shape index (κ3) is 4.89. The van der Waals surface area contributed by atoms with Crippen molar-refractivity contribution in [2.45, 2.75) is 52.1 Å². The third-order valence-corrected chi connectivity index (χ3v) is 3.35. The van der Waals surface area contributed by atoms with E-state index in [0.717, 1.165) is 12.1 Å². The van der Waals surface area contributed by atoms with Gasteiger partial charge in [-0.25, -0.2) is 4.39 Å². The standard InChI is InChI=1S/C15H23FN2O2/c1-4-14(13-8-7-12(16)10-17-13)18(11(2)3)9-5-6-15(19)20/h7-8,10-11,14H,4-6,9H2,1-3H3,(H,19,20). The zero-order chi connectivity index (χ0) is 15.1. The molecule has 5 heteroatoms. The summed E-state index contributed by atoms with van der Waals surface area (Å²) in [7, 11) is 0. The highest BCUT2D eigenvalue weighted by Gasteiger charge is 2.22. The molecule has 0 aromatic carbocycles. The highest BCUT2D eigenvalue weighted by Crippen LogP contribution is 2.25. The molecule has 1 N–H and O–H groups in total. The maximum Gasteiger partial charge on any atom is 0.303 e. The predicted octanol–water partition coefficient (Wildman–Crippen LogP) is 3.25. The fourth-order valence-electron chi connectivity index (χ4n) is 2.38. The van der Waals surface area contributed by atoms with E-state index >= 15 is 0 Å². The van der Waals surface area contributed by atoms with Crippen molar-refractivity contribution in [3.8, 4) is 0 Å². The molecule has 0 bridgehead atoms. The summed E-state index contributed by atoms with van der Waals surface area (Å²) in [4.78, 5) is 17.0. The highest BCUT2D eigenvalue weighted by atomic mass is 19.1. The normalized spacial score (nSPS) is 12.9. The first kappa shape index (κ1) is 16.6. The molecule has 1 rings (SSSR count). The van der Waals surface area contributed by atoms with Gasteiger partial charge in [-0.05, 0) is 45.4 Å². The average Bonchev–Trinajstić information content (AvgIpc) is 2.39. The van der Waals surface area contributed by atoms with E-state index in [1.54, 1.807) is 6.07 Å². The quantitative estimate of drug-likeness (QED) is 0.795. The van der Waals surface area contributed by atoms with Gasteiger partial charge in [-0.2, -0.15) is 0 Å². The number of hydrogen-bond donors (Lipinski definition) is 1. The number of hydrogen-bond acceptors (Lipinski definition) is 3. The minimum absolute atomic E-state index is 0.0874. The van der Waals surface area contributed by atoms with Crippen molar-refractivity contribution >= 4 is 5.97 Å². The lowest BCUT2D eigenvalue weighted by Gasteiger charge is -2.34.